The molecule has 2 nitrogen and oxygen atoms in total. The van der Waals surface area contributed by atoms with E-state index in [0.29, 0.717) is 6.42 Å². The summed E-state index contributed by atoms with van der Waals surface area (Å²) in [6.07, 6.45) is 5.55. The largest absolute Gasteiger partial charge is 0.385 e. The Bertz CT molecular complexity index is 396. The number of carbonyl (C=O) groups excluding carboxylic acids is 1. The molecule has 2 unspecified atom stereocenters. The number of rotatable bonds is 8. The van der Waals surface area contributed by atoms with Crippen LogP contribution in [-0.4, -0.2) is 11.4 Å². The molecule has 0 saturated heterocycles. The van der Waals surface area contributed by atoms with E-state index >= 15 is 0 Å². The lowest BCUT2D eigenvalue weighted by atomic mass is 9.80. The molecule has 19 heavy (non-hydrogen) atoms. The van der Waals surface area contributed by atoms with E-state index in [-0.39, 0.29) is 5.92 Å². The Morgan fingerprint density at radius 1 is 1.42 bits per heavy atom. The predicted molar refractivity (Wildman–Crippen MR) is 79.1 cm³/mol. The van der Waals surface area contributed by atoms with Crippen LogP contribution in [0.5, 0.6) is 0 Å². The highest BCUT2D eigenvalue weighted by Gasteiger charge is 2.29. The van der Waals surface area contributed by atoms with Crippen LogP contribution in [0.4, 0.5) is 0 Å². The van der Waals surface area contributed by atoms with Crippen LogP contribution in [0.2, 0.25) is 0 Å². The molecular formula is C17H26O2. The molecule has 1 N–H and O–H groups in total. The number of benzene rings is 1. The first-order valence-corrected chi connectivity index (χ1v) is 7.27. The Morgan fingerprint density at radius 2 is 2.16 bits per heavy atom. The molecule has 0 aliphatic rings. The maximum Gasteiger partial charge on any atom is 0.120 e. The number of unbranched alkanes of at least 4 members (excludes halogenated alkanes) is 1. The number of aryl methyl sites for hydroxylation is 1. The van der Waals surface area contributed by atoms with Gasteiger partial charge in [0.15, 0.2) is 0 Å². The molecule has 2 heteroatoms. The molecule has 0 aliphatic heterocycles. The Morgan fingerprint density at radius 3 is 2.79 bits per heavy atom. The topological polar surface area (TPSA) is 37.3 Å². The molecule has 0 radical (unpaired) electrons. The maximum absolute atomic E-state index is 10.8. The van der Waals surface area contributed by atoms with E-state index in [1.807, 2.05) is 31.2 Å². The average Bonchev–Trinajstić information content (AvgIpc) is 2.42. The second-order valence-electron chi connectivity index (χ2n) is 5.60. The second-order valence-corrected chi connectivity index (χ2v) is 5.60. The second kappa shape index (κ2) is 7.44. The van der Waals surface area contributed by atoms with Crippen molar-refractivity contribution in [1.29, 1.82) is 0 Å². The van der Waals surface area contributed by atoms with E-state index in [0.717, 1.165) is 43.1 Å². The molecule has 1 aromatic rings. The summed E-state index contributed by atoms with van der Waals surface area (Å²) in [6.45, 7) is 6.17. The van der Waals surface area contributed by atoms with Crippen molar-refractivity contribution in [3.05, 3.63) is 35.4 Å². The lowest BCUT2D eigenvalue weighted by Crippen LogP contribution is -2.30. The standard InChI is InChI=1S/C17H26O2/c1-4-5-8-14(2)17(3,19)16-11-6-9-15(13-16)10-7-12-18/h6,9,11-14,19H,4-5,7-8,10H2,1-3H3. The Balaban J connectivity index is 2.84. The first kappa shape index (κ1) is 15.9. The zero-order chi connectivity index (χ0) is 14.3. The first-order valence-electron chi connectivity index (χ1n) is 7.27. The maximum atomic E-state index is 10.8. The molecule has 0 amide bonds. The Labute approximate surface area is 116 Å². The van der Waals surface area contributed by atoms with Crippen molar-refractivity contribution in [3.8, 4) is 0 Å². The van der Waals surface area contributed by atoms with Crippen molar-refractivity contribution < 1.29 is 9.90 Å². The lowest BCUT2D eigenvalue weighted by molar-refractivity contribution is -0.107. The van der Waals surface area contributed by atoms with Gasteiger partial charge < -0.3 is 9.90 Å². The highest BCUT2D eigenvalue weighted by Crippen LogP contribution is 2.32. The molecule has 106 valence electrons. The molecule has 0 aromatic heterocycles. The zero-order valence-corrected chi connectivity index (χ0v) is 12.4. The van der Waals surface area contributed by atoms with E-state index < -0.39 is 5.60 Å². The summed E-state index contributed by atoms with van der Waals surface area (Å²) in [7, 11) is 0. The smallest absolute Gasteiger partial charge is 0.120 e. The molecule has 1 aromatic carbocycles. The average molecular weight is 262 g/mol. The summed E-state index contributed by atoms with van der Waals surface area (Å²) >= 11 is 0. The SMILES string of the molecule is CCCCC(C)C(C)(O)c1cccc(CCC=O)c1. The van der Waals surface area contributed by atoms with Gasteiger partial charge in [0, 0.05) is 6.42 Å². The molecule has 2 atom stereocenters. The van der Waals surface area contributed by atoms with Crippen LogP contribution in [0.25, 0.3) is 0 Å². The van der Waals surface area contributed by atoms with Crippen LogP contribution in [0.15, 0.2) is 24.3 Å². The minimum absolute atomic E-state index is 0.230. The van der Waals surface area contributed by atoms with Crippen LogP contribution >= 0.6 is 0 Å². The van der Waals surface area contributed by atoms with E-state index in [1.165, 1.54) is 0 Å². The minimum Gasteiger partial charge on any atom is -0.385 e. The fourth-order valence-corrected chi connectivity index (χ4v) is 2.34. The number of aliphatic hydroxyl groups is 1. The molecule has 1 rings (SSSR count). The monoisotopic (exact) mass is 262 g/mol. The zero-order valence-electron chi connectivity index (χ0n) is 12.4. The number of hydrogen-bond acceptors (Lipinski definition) is 2. The molecule has 0 fully saturated rings. The highest BCUT2D eigenvalue weighted by atomic mass is 16.3. The molecule has 0 bridgehead atoms. The summed E-state index contributed by atoms with van der Waals surface area (Å²) in [5, 5.41) is 10.8. The Kier molecular flexibility index (Phi) is 6.23. The van der Waals surface area contributed by atoms with Crippen LogP contribution < -0.4 is 0 Å². The molecule has 0 heterocycles. The van der Waals surface area contributed by atoms with E-state index in [2.05, 4.69) is 13.8 Å². The summed E-state index contributed by atoms with van der Waals surface area (Å²) in [6, 6.07) is 8.00. The van der Waals surface area contributed by atoms with Crippen LogP contribution in [0, 0.1) is 5.92 Å². The van der Waals surface area contributed by atoms with Crippen molar-refractivity contribution in [3.63, 3.8) is 0 Å². The van der Waals surface area contributed by atoms with Crippen molar-refractivity contribution >= 4 is 6.29 Å². The van der Waals surface area contributed by atoms with E-state index in [9.17, 15) is 9.90 Å². The van der Waals surface area contributed by atoms with E-state index in [1.54, 1.807) is 0 Å². The molecule has 0 aliphatic carbocycles. The molecular weight excluding hydrogens is 236 g/mol. The van der Waals surface area contributed by atoms with Gasteiger partial charge in [0.25, 0.3) is 0 Å². The number of aldehydes is 1. The van der Waals surface area contributed by atoms with Gasteiger partial charge >= 0.3 is 0 Å². The van der Waals surface area contributed by atoms with Gasteiger partial charge in [-0.15, -0.1) is 0 Å². The van der Waals surface area contributed by atoms with Crippen LogP contribution in [0.1, 0.15) is 57.6 Å². The van der Waals surface area contributed by atoms with Crippen molar-refractivity contribution in [2.24, 2.45) is 5.92 Å². The minimum atomic E-state index is -0.799. The van der Waals surface area contributed by atoms with Gasteiger partial charge in [0.2, 0.25) is 0 Å². The van der Waals surface area contributed by atoms with E-state index in [4.69, 9.17) is 0 Å². The normalized spacial score (nSPS) is 15.8. The van der Waals surface area contributed by atoms with Gasteiger partial charge in [-0.3, -0.25) is 0 Å². The van der Waals surface area contributed by atoms with Gasteiger partial charge in [-0.25, -0.2) is 0 Å². The highest BCUT2D eigenvalue weighted by molar-refractivity contribution is 5.50. The lowest BCUT2D eigenvalue weighted by Gasteiger charge is -2.31. The Hall–Kier alpha value is -1.15. The van der Waals surface area contributed by atoms with Crippen molar-refractivity contribution in [2.45, 2.75) is 58.5 Å². The summed E-state index contributed by atoms with van der Waals surface area (Å²) in [5.74, 6) is 0.230. The number of carbonyl (C=O) groups is 1. The third-order valence-electron chi connectivity index (χ3n) is 4.01. The van der Waals surface area contributed by atoms with Crippen molar-refractivity contribution in [1.82, 2.24) is 0 Å². The van der Waals surface area contributed by atoms with Crippen LogP contribution in [-0.2, 0) is 16.8 Å². The molecule has 0 spiro atoms. The number of hydrogen-bond donors (Lipinski definition) is 1. The summed E-state index contributed by atoms with van der Waals surface area (Å²) in [4.78, 5) is 10.4. The van der Waals surface area contributed by atoms with Gasteiger partial charge in [0.1, 0.15) is 6.29 Å². The van der Waals surface area contributed by atoms with Gasteiger partial charge in [-0.05, 0) is 36.8 Å². The molecule has 0 saturated carbocycles. The van der Waals surface area contributed by atoms with Crippen LogP contribution in [0.3, 0.4) is 0 Å². The van der Waals surface area contributed by atoms with Crippen molar-refractivity contribution in [2.75, 3.05) is 0 Å². The van der Waals surface area contributed by atoms with Gasteiger partial charge in [0.05, 0.1) is 5.60 Å². The predicted octanol–water partition coefficient (Wildman–Crippen LogP) is 3.85. The first-order chi connectivity index (χ1) is 9.02. The fourth-order valence-electron chi connectivity index (χ4n) is 2.34. The summed E-state index contributed by atoms with van der Waals surface area (Å²) < 4.78 is 0. The quantitative estimate of drug-likeness (QED) is 0.722. The summed E-state index contributed by atoms with van der Waals surface area (Å²) in [5.41, 5.74) is 1.28. The van der Waals surface area contributed by atoms with Gasteiger partial charge in [-0.1, -0.05) is 51.0 Å². The third-order valence-corrected chi connectivity index (χ3v) is 4.01. The van der Waals surface area contributed by atoms with Gasteiger partial charge in [-0.2, -0.15) is 0 Å². The third kappa shape index (κ3) is 4.46. The fraction of sp³-hybridized carbons (Fsp3) is 0.588.